The van der Waals surface area contributed by atoms with Gasteiger partial charge in [-0.2, -0.15) is 0 Å². The summed E-state index contributed by atoms with van der Waals surface area (Å²) in [5, 5.41) is -0.302. The van der Waals surface area contributed by atoms with Crippen LogP contribution in [0.3, 0.4) is 0 Å². The molecule has 0 N–H and O–H groups in total. The number of amides is 2. The van der Waals surface area contributed by atoms with Crippen molar-refractivity contribution in [2.24, 2.45) is 0 Å². The third-order valence-corrected chi connectivity index (χ3v) is 5.62. The molecule has 0 aromatic heterocycles. The summed E-state index contributed by atoms with van der Waals surface area (Å²) in [5.74, 6) is -0.431. The Morgan fingerprint density at radius 3 is 2.45 bits per heavy atom. The van der Waals surface area contributed by atoms with Gasteiger partial charge in [-0.3, -0.25) is 14.5 Å². The van der Waals surface area contributed by atoms with Crippen molar-refractivity contribution in [1.82, 2.24) is 4.90 Å². The molecule has 3 aromatic rings. The summed E-state index contributed by atoms with van der Waals surface area (Å²) in [4.78, 5) is 39.0. The highest BCUT2D eigenvalue weighted by Gasteiger charge is 2.34. The number of benzene rings is 3. The number of hydrogen-bond acceptors (Lipinski definition) is 5. The fourth-order valence-electron chi connectivity index (χ4n) is 3.07. The van der Waals surface area contributed by atoms with Gasteiger partial charge in [0.2, 0.25) is 0 Å². The summed E-state index contributed by atoms with van der Waals surface area (Å²) < 4.78 is 5.43. The summed E-state index contributed by atoms with van der Waals surface area (Å²) in [6.07, 6.45) is 1.64. The van der Waals surface area contributed by atoms with Crippen LogP contribution in [0.5, 0.6) is 5.75 Å². The average molecular weight is 429 g/mol. The highest BCUT2D eigenvalue weighted by Crippen LogP contribution is 2.33. The predicted molar refractivity (Wildman–Crippen MR) is 121 cm³/mol. The van der Waals surface area contributed by atoms with Crippen LogP contribution in [0.1, 0.15) is 27.0 Å². The lowest BCUT2D eigenvalue weighted by atomic mass is 10.1. The van der Waals surface area contributed by atoms with E-state index in [1.165, 1.54) is 4.90 Å². The first-order valence-corrected chi connectivity index (χ1v) is 10.5. The van der Waals surface area contributed by atoms with Gasteiger partial charge in [-0.1, -0.05) is 60.2 Å². The second-order valence-corrected chi connectivity index (χ2v) is 8.07. The van der Waals surface area contributed by atoms with Gasteiger partial charge in [-0.05, 0) is 60.2 Å². The minimum atomic E-state index is -0.462. The zero-order valence-electron chi connectivity index (χ0n) is 16.8. The fourth-order valence-corrected chi connectivity index (χ4v) is 3.91. The monoisotopic (exact) mass is 429 g/mol. The van der Waals surface area contributed by atoms with Crippen LogP contribution in [0.4, 0.5) is 4.79 Å². The molecule has 0 saturated carbocycles. The van der Waals surface area contributed by atoms with Crippen LogP contribution < -0.4 is 4.74 Å². The van der Waals surface area contributed by atoms with E-state index in [0.717, 1.165) is 22.9 Å². The number of thioether (sulfide) groups is 1. The quantitative estimate of drug-likeness (QED) is 0.307. The van der Waals surface area contributed by atoms with E-state index in [1.807, 2.05) is 37.3 Å². The van der Waals surface area contributed by atoms with E-state index in [9.17, 15) is 14.4 Å². The number of imide groups is 1. The van der Waals surface area contributed by atoms with Crippen molar-refractivity contribution >= 4 is 35.0 Å². The van der Waals surface area contributed by atoms with Gasteiger partial charge in [-0.25, -0.2) is 4.79 Å². The maximum Gasteiger partial charge on any atom is 0.343 e. The van der Waals surface area contributed by atoms with Gasteiger partial charge in [0.05, 0.1) is 17.0 Å². The first-order chi connectivity index (χ1) is 15.0. The summed E-state index contributed by atoms with van der Waals surface area (Å²) in [5.41, 5.74) is 3.12. The average Bonchev–Trinajstić information content (AvgIpc) is 3.03. The molecule has 1 aliphatic rings. The first-order valence-electron chi connectivity index (χ1n) is 9.68. The van der Waals surface area contributed by atoms with Crippen molar-refractivity contribution in [1.29, 1.82) is 0 Å². The molecule has 0 bridgehead atoms. The van der Waals surface area contributed by atoms with E-state index in [0.29, 0.717) is 21.8 Å². The summed E-state index contributed by atoms with van der Waals surface area (Å²) in [7, 11) is 0. The smallest absolute Gasteiger partial charge is 0.343 e. The molecule has 0 atom stereocenters. The second kappa shape index (κ2) is 9.02. The molecule has 1 fully saturated rings. The SMILES string of the molecule is Cc1ccc(CN2C(=O)S/C(=C\c3cccc(OC(=O)c4ccccc4)c3)C2=O)cc1. The Kier molecular flexibility index (Phi) is 6.00. The van der Waals surface area contributed by atoms with Gasteiger partial charge < -0.3 is 4.74 Å². The maximum atomic E-state index is 12.8. The van der Waals surface area contributed by atoms with Crippen LogP contribution in [-0.2, 0) is 11.3 Å². The van der Waals surface area contributed by atoms with Crippen molar-refractivity contribution in [2.75, 3.05) is 0 Å². The van der Waals surface area contributed by atoms with Gasteiger partial charge in [0.25, 0.3) is 11.1 Å². The largest absolute Gasteiger partial charge is 0.423 e. The van der Waals surface area contributed by atoms with Crippen LogP contribution in [0.25, 0.3) is 6.08 Å². The Labute approximate surface area is 184 Å². The van der Waals surface area contributed by atoms with Crippen molar-refractivity contribution in [3.63, 3.8) is 0 Å². The molecule has 0 aliphatic carbocycles. The van der Waals surface area contributed by atoms with Gasteiger partial charge in [-0.15, -0.1) is 0 Å². The summed E-state index contributed by atoms with van der Waals surface area (Å²) in [6, 6.07) is 23.3. The number of esters is 1. The van der Waals surface area contributed by atoms with Gasteiger partial charge in [0.15, 0.2) is 0 Å². The lowest BCUT2D eigenvalue weighted by molar-refractivity contribution is -0.123. The van der Waals surface area contributed by atoms with Crippen LogP contribution in [-0.4, -0.2) is 22.0 Å². The maximum absolute atomic E-state index is 12.8. The molecule has 6 heteroatoms. The number of carbonyl (C=O) groups excluding carboxylic acids is 3. The number of hydrogen-bond donors (Lipinski definition) is 0. The van der Waals surface area contributed by atoms with E-state index in [2.05, 4.69) is 0 Å². The van der Waals surface area contributed by atoms with E-state index in [-0.39, 0.29) is 17.7 Å². The minimum Gasteiger partial charge on any atom is -0.423 e. The highest BCUT2D eigenvalue weighted by atomic mass is 32.2. The molecule has 3 aromatic carbocycles. The summed E-state index contributed by atoms with van der Waals surface area (Å²) in [6.45, 7) is 2.22. The molecule has 154 valence electrons. The molecule has 4 rings (SSSR count). The highest BCUT2D eigenvalue weighted by molar-refractivity contribution is 8.18. The fraction of sp³-hybridized carbons (Fsp3) is 0.0800. The molecule has 1 heterocycles. The third-order valence-electron chi connectivity index (χ3n) is 4.71. The topological polar surface area (TPSA) is 63.7 Å². The molecule has 0 spiro atoms. The van der Waals surface area contributed by atoms with Gasteiger partial charge in [0.1, 0.15) is 5.75 Å². The lowest BCUT2D eigenvalue weighted by Crippen LogP contribution is -2.27. The Balaban J connectivity index is 1.49. The van der Waals surface area contributed by atoms with Crippen LogP contribution in [0, 0.1) is 6.92 Å². The zero-order chi connectivity index (χ0) is 21.8. The van der Waals surface area contributed by atoms with E-state index < -0.39 is 5.97 Å². The van der Waals surface area contributed by atoms with Crippen molar-refractivity contribution in [3.8, 4) is 5.75 Å². The van der Waals surface area contributed by atoms with Crippen LogP contribution in [0.2, 0.25) is 0 Å². The molecular weight excluding hydrogens is 410 g/mol. The number of carbonyl (C=O) groups is 3. The number of nitrogens with zero attached hydrogens (tertiary/aromatic N) is 1. The number of rotatable bonds is 5. The summed E-state index contributed by atoms with van der Waals surface area (Å²) >= 11 is 0.906. The minimum absolute atomic E-state index is 0.233. The van der Waals surface area contributed by atoms with E-state index in [4.69, 9.17) is 4.74 Å². The zero-order valence-corrected chi connectivity index (χ0v) is 17.6. The molecule has 1 aliphatic heterocycles. The van der Waals surface area contributed by atoms with Crippen LogP contribution in [0.15, 0.2) is 83.8 Å². The molecule has 1 saturated heterocycles. The van der Waals surface area contributed by atoms with E-state index in [1.54, 1.807) is 54.6 Å². The van der Waals surface area contributed by atoms with E-state index >= 15 is 0 Å². The Morgan fingerprint density at radius 2 is 1.71 bits per heavy atom. The van der Waals surface area contributed by atoms with Crippen LogP contribution >= 0.6 is 11.8 Å². The molecule has 0 unspecified atom stereocenters. The number of aryl methyl sites for hydroxylation is 1. The van der Waals surface area contributed by atoms with Gasteiger partial charge in [0, 0.05) is 0 Å². The van der Waals surface area contributed by atoms with Crippen molar-refractivity contribution in [3.05, 3.63) is 106 Å². The molecular formula is C25H19NO4S. The molecule has 0 radical (unpaired) electrons. The van der Waals surface area contributed by atoms with Crippen molar-refractivity contribution < 1.29 is 19.1 Å². The third kappa shape index (κ3) is 4.92. The Morgan fingerprint density at radius 1 is 0.968 bits per heavy atom. The van der Waals surface area contributed by atoms with Gasteiger partial charge >= 0.3 is 5.97 Å². The normalized spacial score (nSPS) is 14.9. The Bertz CT molecular complexity index is 1170. The molecule has 31 heavy (non-hydrogen) atoms. The number of ether oxygens (including phenoxy) is 1. The standard InChI is InChI=1S/C25H19NO4S/c1-17-10-12-18(13-11-17)16-26-23(27)22(31-25(26)29)15-19-6-5-9-21(14-19)30-24(28)20-7-3-2-4-8-20/h2-15H,16H2,1H3/b22-15-. The molecule has 2 amide bonds. The predicted octanol–water partition coefficient (Wildman–Crippen LogP) is 5.45. The molecule has 5 nitrogen and oxygen atoms in total. The Hall–Kier alpha value is -3.64. The van der Waals surface area contributed by atoms with Crippen molar-refractivity contribution in [2.45, 2.75) is 13.5 Å². The first kappa shape index (κ1) is 20.6. The second-order valence-electron chi connectivity index (χ2n) is 7.08. The lowest BCUT2D eigenvalue weighted by Gasteiger charge is -2.12.